The third kappa shape index (κ3) is 4.35. The summed E-state index contributed by atoms with van der Waals surface area (Å²) < 4.78 is 5.27. The molecule has 1 aliphatic rings. The van der Waals surface area contributed by atoms with Crippen molar-refractivity contribution in [1.82, 2.24) is 5.32 Å². The van der Waals surface area contributed by atoms with Crippen LogP contribution in [0, 0.1) is 0 Å². The van der Waals surface area contributed by atoms with Crippen molar-refractivity contribution in [3.8, 4) is 16.9 Å². The average Bonchev–Trinajstić information content (AvgIpc) is 2.78. The number of carbonyl (C=O) groups excluding carboxylic acids is 2. The second kappa shape index (κ2) is 8.71. The standard InChI is InChI=1S/C24H17ClN2O3S/c1-30-20-4-2-3-17(14-20)16-7-5-15(6-8-16)13-21-22(28)26-24(31)27(23(21)29)19-11-9-18(25)10-12-19/h2-14H,1H3,(H,26,28,31). The molecule has 31 heavy (non-hydrogen) atoms. The van der Waals surface area contributed by atoms with E-state index in [1.54, 1.807) is 37.5 Å². The molecule has 0 saturated carbocycles. The van der Waals surface area contributed by atoms with Gasteiger partial charge in [-0.25, -0.2) is 0 Å². The zero-order valence-corrected chi connectivity index (χ0v) is 18.0. The summed E-state index contributed by atoms with van der Waals surface area (Å²) in [6, 6.07) is 21.9. The smallest absolute Gasteiger partial charge is 0.270 e. The predicted octanol–water partition coefficient (Wildman–Crippen LogP) is 4.85. The molecule has 0 aromatic heterocycles. The Bertz CT molecular complexity index is 1200. The van der Waals surface area contributed by atoms with E-state index in [4.69, 9.17) is 28.6 Å². The van der Waals surface area contributed by atoms with Gasteiger partial charge in [0.2, 0.25) is 0 Å². The van der Waals surface area contributed by atoms with Crippen molar-refractivity contribution in [3.05, 3.63) is 89.0 Å². The van der Waals surface area contributed by atoms with Crippen molar-refractivity contribution in [1.29, 1.82) is 0 Å². The Kier molecular flexibility index (Phi) is 5.84. The molecule has 0 bridgehead atoms. The van der Waals surface area contributed by atoms with E-state index >= 15 is 0 Å². The summed E-state index contributed by atoms with van der Waals surface area (Å²) in [5.74, 6) is -0.253. The zero-order valence-electron chi connectivity index (χ0n) is 16.5. The second-order valence-electron chi connectivity index (χ2n) is 6.79. The Morgan fingerprint density at radius 1 is 0.968 bits per heavy atom. The van der Waals surface area contributed by atoms with Crippen LogP contribution in [0.15, 0.2) is 78.4 Å². The first kappa shape index (κ1) is 20.8. The maximum Gasteiger partial charge on any atom is 0.270 e. The summed E-state index contributed by atoms with van der Waals surface area (Å²) in [5.41, 5.74) is 3.24. The van der Waals surface area contributed by atoms with Gasteiger partial charge in [0.25, 0.3) is 11.8 Å². The number of amides is 2. The molecule has 0 atom stereocenters. The van der Waals surface area contributed by atoms with Crippen molar-refractivity contribution in [2.45, 2.75) is 0 Å². The molecule has 154 valence electrons. The Morgan fingerprint density at radius 3 is 2.35 bits per heavy atom. The highest BCUT2D eigenvalue weighted by atomic mass is 35.5. The van der Waals surface area contributed by atoms with Gasteiger partial charge in [0.15, 0.2) is 5.11 Å². The van der Waals surface area contributed by atoms with Crippen LogP contribution in [-0.2, 0) is 9.59 Å². The molecule has 0 unspecified atom stereocenters. The number of ether oxygens (including phenoxy) is 1. The summed E-state index contributed by atoms with van der Waals surface area (Å²) in [4.78, 5) is 26.8. The van der Waals surface area contributed by atoms with Crippen molar-refractivity contribution >= 4 is 52.5 Å². The number of anilines is 1. The van der Waals surface area contributed by atoms with Gasteiger partial charge >= 0.3 is 0 Å². The molecule has 3 aromatic rings. The minimum atomic E-state index is -0.530. The summed E-state index contributed by atoms with van der Waals surface area (Å²) in [6.07, 6.45) is 1.55. The Morgan fingerprint density at radius 2 is 1.68 bits per heavy atom. The molecule has 1 fully saturated rings. The Labute approximate surface area is 189 Å². The van der Waals surface area contributed by atoms with Gasteiger partial charge in [0.05, 0.1) is 12.8 Å². The third-order valence-electron chi connectivity index (χ3n) is 4.81. The first-order valence-electron chi connectivity index (χ1n) is 9.38. The lowest BCUT2D eigenvalue weighted by molar-refractivity contribution is -0.122. The number of hydrogen-bond acceptors (Lipinski definition) is 4. The van der Waals surface area contributed by atoms with Crippen LogP contribution < -0.4 is 15.0 Å². The summed E-state index contributed by atoms with van der Waals surface area (Å²) >= 11 is 11.1. The van der Waals surface area contributed by atoms with Gasteiger partial charge in [0.1, 0.15) is 11.3 Å². The number of hydrogen-bond donors (Lipinski definition) is 1. The average molecular weight is 449 g/mol. The zero-order chi connectivity index (χ0) is 22.0. The van der Waals surface area contributed by atoms with Crippen LogP contribution in [0.3, 0.4) is 0 Å². The topological polar surface area (TPSA) is 58.6 Å². The van der Waals surface area contributed by atoms with Crippen molar-refractivity contribution < 1.29 is 14.3 Å². The fraction of sp³-hybridized carbons (Fsp3) is 0.0417. The van der Waals surface area contributed by atoms with Crippen molar-refractivity contribution in [3.63, 3.8) is 0 Å². The summed E-state index contributed by atoms with van der Waals surface area (Å²) in [7, 11) is 1.62. The van der Waals surface area contributed by atoms with Crippen LogP contribution in [0.5, 0.6) is 5.75 Å². The van der Waals surface area contributed by atoms with Crippen LogP contribution in [0.25, 0.3) is 17.2 Å². The largest absolute Gasteiger partial charge is 0.497 e. The van der Waals surface area contributed by atoms with E-state index in [1.165, 1.54) is 4.90 Å². The van der Waals surface area contributed by atoms with Gasteiger partial charge in [-0.3, -0.25) is 19.8 Å². The quantitative estimate of drug-likeness (QED) is 0.352. The van der Waals surface area contributed by atoms with E-state index < -0.39 is 11.8 Å². The van der Waals surface area contributed by atoms with Crippen LogP contribution in [0.1, 0.15) is 5.56 Å². The fourth-order valence-electron chi connectivity index (χ4n) is 3.22. The number of benzene rings is 3. The Balaban J connectivity index is 1.63. The lowest BCUT2D eigenvalue weighted by atomic mass is 10.0. The van der Waals surface area contributed by atoms with Crippen LogP contribution in [0.2, 0.25) is 5.02 Å². The van der Waals surface area contributed by atoms with Gasteiger partial charge in [-0.05, 0) is 71.4 Å². The molecule has 1 heterocycles. The highest BCUT2D eigenvalue weighted by molar-refractivity contribution is 7.80. The molecule has 1 aliphatic heterocycles. The number of carbonyl (C=O) groups is 2. The van der Waals surface area contributed by atoms with Gasteiger partial charge in [-0.1, -0.05) is 48.0 Å². The molecule has 2 amide bonds. The van der Waals surface area contributed by atoms with Gasteiger partial charge in [-0.15, -0.1) is 0 Å². The van der Waals surface area contributed by atoms with E-state index in [1.807, 2.05) is 48.5 Å². The van der Waals surface area contributed by atoms with Crippen LogP contribution in [0.4, 0.5) is 5.69 Å². The molecule has 5 nitrogen and oxygen atoms in total. The maximum atomic E-state index is 13.1. The molecule has 3 aromatic carbocycles. The molecule has 7 heteroatoms. The normalized spacial score (nSPS) is 15.2. The van der Waals surface area contributed by atoms with Crippen molar-refractivity contribution in [2.75, 3.05) is 12.0 Å². The van der Waals surface area contributed by atoms with E-state index in [9.17, 15) is 9.59 Å². The lowest BCUT2D eigenvalue weighted by Crippen LogP contribution is -2.54. The van der Waals surface area contributed by atoms with Gasteiger partial charge < -0.3 is 4.74 Å². The predicted molar refractivity (Wildman–Crippen MR) is 126 cm³/mol. The monoisotopic (exact) mass is 448 g/mol. The van der Waals surface area contributed by atoms with Gasteiger partial charge in [0, 0.05) is 5.02 Å². The lowest BCUT2D eigenvalue weighted by Gasteiger charge is -2.28. The molecule has 0 radical (unpaired) electrons. The highest BCUT2D eigenvalue weighted by Crippen LogP contribution is 2.26. The van der Waals surface area contributed by atoms with Crippen molar-refractivity contribution in [2.24, 2.45) is 0 Å². The Hall–Kier alpha value is -3.48. The van der Waals surface area contributed by atoms with E-state index in [0.29, 0.717) is 16.3 Å². The molecular formula is C24H17ClN2O3S. The molecule has 0 spiro atoms. The summed E-state index contributed by atoms with van der Waals surface area (Å²) in [5, 5.41) is 3.14. The number of halogens is 1. The number of nitrogens with zero attached hydrogens (tertiary/aromatic N) is 1. The highest BCUT2D eigenvalue weighted by Gasteiger charge is 2.34. The maximum absolute atomic E-state index is 13.1. The number of nitrogens with one attached hydrogen (secondary N) is 1. The molecule has 1 N–H and O–H groups in total. The number of rotatable bonds is 4. The van der Waals surface area contributed by atoms with E-state index in [-0.39, 0.29) is 10.7 Å². The second-order valence-corrected chi connectivity index (χ2v) is 7.61. The van der Waals surface area contributed by atoms with Crippen LogP contribution >= 0.6 is 23.8 Å². The molecule has 0 aliphatic carbocycles. The minimum absolute atomic E-state index is 0.00215. The molecule has 1 saturated heterocycles. The first-order valence-corrected chi connectivity index (χ1v) is 10.2. The first-order chi connectivity index (χ1) is 15.0. The molecule has 4 rings (SSSR count). The number of thiocarbonyl (C=S) groups is 1. The van der Waals surface area contributed by atoms with Gasteiger partial charge in [-0.2, -0.15) is 0 Å². The summed E-state index contributed by atoms with van der Waals surface area (Å²) in [6.45, 7) is 0. The van der Waals surface area contributed by atoms with E-state index in [2.05, 4.69) is 5.32 Å². The SMILES string of the molecule is COc1cccc(-c2ccc(C=C3C(=O)NC(=S)N(c4ccc(Cl)cc4)C3=O)cc2)c1. The minimum Gasteiger partial charge on any atom is -0.497 e. The number of methoxy groups -OCH3 is 1. The fourth-order valence-corrected chi connectivity index (χ4v) is 3.63. The van der Waals surface area contributed by atoms with Crippen LogP contribution in [-0.4, -0.2) is 24.0 Å². The molecular weight excluding hydrogens is 432 g/mol. The third-order valence-corrected chi connectivity index (χ3v) is 5.35. The van der Waals surface area contributed by atoms with E-state index in [0.717, 1.165) is 16.9 Å².